The van der Waals surface area contributed by atoms with Crippen LogP contribution in [0, 0.1) is 29.6 Å². The first-order valence-electron chi connectivity index (χ1n) is 29.7. The van der Waals surface area contributed by atoms with Gasteiger partial charge in [0.25, 0.3) is 6.71 Å². The monoisotopic (exact) mass is 1000 g/mol. The van der Waals surface area contributed by atoms with Crippen LogP contribution in [0.4, 0.5) is 28.4 Å². The number of anilines is 5. The van der Waals surface area contributed by atoms with Crippen LogP contribution < -0.4 is 26.2 Å². The zero-order valence-electron chi connectivity index (χ0n) is 49.7. The molecule has 13 rings (SSSR count). The maximum Gasteiger partial charge on any atom is 0.252 e. The van der Waals surface area contributed by atoms with Gasteiger partial charge in [0.15, 0.2) is 0 Å². The van der Waals surface area contributed by atoms with Crippen molar-refractivity contribution in [3.8, 4) is 11.1 Å². The van der Waals surface area contributed by atoms with Crippen LogP contribution in [-0.2, 0) is 32.5 Å². The normalized spacial score (nSPS) is 24.8. The summed E-state index contributed by atoms with van der Waals surface area (Å²) in [6.07, 6.45) is 17.5. The minimum Gasteiger partial charge on any atom is -0.312 e. The molecule has 6 aromatic rings. The third kappa shape index (κ3) is 7.31. The number of aryl methyl sites for hydroxylation is 1. The molecule has 2 heterocycles. The van der Waals surface area contributed by atoms with Gasteiger partial charge in [-0.25, -0.2) is 0 Å². The van der Waals surface area contributed by atoms with Gasteiger partial charge in [-0.2, -0.15) is 0 Å². The fourth-order valence-corrected chi connectivity index (χ4v) is 16.4. The molecule has 0 bridgehead atoms. The molecule has 1 saturated carbocycles. The summed E-state index contributed by atoms with van der Waals surface area (Å²) in [5.41, 5.74) is 26.2. The van der Waals surface area contributed by atoms with Gasteiger partial charge < -0.3 is 9.80 Å². The van der Waals surface area contributed by atoms with Gasteiger partial charge >= 0.3 is 0 Å². The van der Waals surface area contributed by atoms with E-state index in [2.05, 4.69) is 237 Å². The highest BCUT2D eigenvalue weighted by Gasteiger charge is 2.52. The van der Waals surface area contributed by atoms with Gasteiger partial charge in [0.05, 0.1) is 5.69 Å². The van der Waals surface area contributed by atoms with Crippen molar-refractivity contribution in [1.29, 1.82) is 0 Å². The molecule has 2 atom stereocenters. The van der Waals surface area contributed by atoms with E-state index in [9.17, 15) is 0 Å². The van der Waals surface area contributed by atoms with Crippen LogP contribution in [0.3, 0.4) is 0 Å². The topological polar surface area (TPSA) is 6.48 Å². The standard InChI is InChI=1S/C73H87BN2/c1-44-34-63-65-64(35-44)76(60-41-55-52(68(6,7)28-31-71(55,12)13)38-49(60)47-23-22-45-20-18-19-21-46(45)36-47)62-43-57-54(70(10,11)30-33-73(57,16)17)40-59(62)74(65)58-39-53-56(72(14,15)32-29-69(53,8)9)42-61(58)75(63)48-24-25-50-51(37-48)67(4,5)27-26-66(50,2)3/h18-25,34-43,50-51H,26-33H2,1-17H3. The van der Waals surface area contributed by atoms with Gasteiger partial charge in [0.2, 0.25) is 0 Å². The number of allylic oxidation sites excluding steroid dienone is 3. The molecule has 0 radical (unpaired) electrons. The van der Waals surface area contributed by atoms with Gasteiger partial charge in [-0.1, -0.05) is 171 Å². The molecule has 2 aliphatic heterocycles. The molecular weight excluding hydrogens is 916 g/mol. The molecule has 6 aromatic carbocycles. The molecule has 392 valence electrons. The van der Waals surface area contributed by atoms with Crippen LogP contribution in [0.1, 0.15) is 201 Å². The van der Waals surface area contributed by atoms with E-state index in [1.54, 1.807) is 5.56 Å². The van der Waals surface area contributed by atoms with Crippen molar-refractivity contribution >= 4 is 62.3 Å². The first kappa shape index (κ1) is 50.2. The lowest BCUT2D eigenvalue weighted by Crippen LogP contribution is -2.62. The van der Waals surface area contributed by atoms with Crippen LogP contribution >= 0.6 is 0 Å². The van der Waals surface area contributed by atoms with Gasteiger partial charge in [-0.05, 0) is 234 Å². The summed E-state index contributed by atoms with van der Waals surface area (Å²) in [5, 5.41) is 2.57. The molecule has 2 nitrogen and oxygen atoms in total. The Hall–Kier alpha value is -5.28. The van der Waals surface area contributed by atoms with Crippen molar-refractivity contribution in [1.82, 2.24) is 0 Å². The number of hydrogen-bond acceptors (Lipinski definition) is 2. The molecule has 3 heteroatoms. The zero-order valence-corrected chi connectivity index (χ0v) is 49.7. The second-order valence-electron chi connectivity index (χ2n) is 31.0. The van der Waals surface area contributed by atoms with Crippen LogP contribution in [0.5, 0.6) is 0 Å². The molecule has 0 aromatic heterocycles. The number of benzene rings is 6. The van der Waals surface area contributed by atoms with Crippen molar-refractivity contribution in [2.45, 2.75) is 202 Å². The first-order chi connectivity index (χ1) is 35.5. The third-order valence-electron chi connectivity index (χ3n) is 22.1. The molecule has 0 amide bonds. The third-order valence-corrected chi connectivity index (χ3v) is 22.1. The van der Waals surface area contributed by atoms with Gasteiger partial charge in [0, 0.05) is 34.0 Å². The molecule has 2 unspecified atom stereocenters. The summed E-state index contributed by atoms with van der Waals surface area (Å²) in [5.74, 6) is 0.938. The highest BCUT2D eigenvalue weighted by molar-refractivity contribution is 7.00. The van der Waals surface area contributed by atoms with E-state index in [4.69, 9.17) is 0 Å². The second-order valence-corrected chi connectivity index (χ2v) is 31.0. The molecule has 5 aliphatic carbocycles. The summed E-state index contributed by atoms with van der Waals surface area (Å²) in [7, 11) is 0. The highest BCUT2D eigenvalue weighted by Crippen LogP contribution is 2.59. The molecule has 0 saturated heterocycles. The average molecular weight is 1000 g/mol. The maximum absolute atomic E-state index is 2.82. The molecular formula is C73H87BN2. The lowest BCUT2D eigenvalue weighted by molar-refractivity contribution is 0.0327. The number of hydrogen-bond donors (Lipinski definition) is 0. The number of nitrogens with zero attached hydrogens (tertiary/aromatic N) is 2. The smallest absolute Gasteiger partial charge is 0.252 e. The summed E-state index contributed by atoms with van der Waals surface area (Å²) >= 11 is 0. The van der Waals surface area contributed by atoms with Crippen molar-refractivity contribution < 1.29 is 0 Å². The van der Waals surface area contributed by atoms with Crippen LogP contribution in [0.15, 0.2) is 115 Å². The van der Waals surface area contributed by atoms with Crippen LogP contribution in [0.2, 0.25) is 0 Å². The highest BCUT2D eigenvalue weighted by atomic mass is 15.2. The summed E-state index contributed by atoms with van der Waals surface area (Å²) in [6, 6.07) is 37.7. The fourth-order valence-electron chi connectivity index (χ4n) is 16.4. The van der Waals surface area contributed by atoms with Crippen LogP contribution in [-0.4, -0.2) is 6.71 Å². The predicted molar refractivity (Wildman–Crippen MR) is 329 cm³/mol. The van der Waals surface area contributed by atoms with Gasteiger partial charge in [-0.15, -0.1) is 0 Å². The first-order valence-corrected chi connectivity index (χ1v) is 29.7. The Kier molecular flexibility index (Phi) is 10.5. The Morgan fingerprint density at radius 3 is 1.37 bits per heavy atom. The largest absolute Gasteiger partial charge is 0.312 e. The summed E-state index contributed by atoms with van der Waals surface area (Å²) in [6.45, 7) is 42.8. The van der Waals surface area contributed by atoms with Crippen LogP contribution in [0.25, 0.3) is 21.9 Å². The predicted octanol–water partition coefficient (Wildman–Crippen LogP) is 18.1. The quantitative estimate of drug-likeness (QED) is 0.163. The van der Waals surface area contributed by atoms with Crippen molar-refractivity contribution in [3.05, 3.63) is 154 Å². The SMILES string of the molecule is Cc1cc2c3c(c1)N(c1cc4c(cc1-c1ccc5ccccc5c1)C(C)(C)CCC4(C)C)c1cc4c(cc1B3c1cc3c(cc1N2C1=CC2C(C=C1)C(C)(C)CCC2(C)C)C(C)(C)CCC3(C)C)C(C)(C)CCC4(C)C. The molecule has 0 N–H and O–H groups in total. The summed E-state index contributed by atoms with van der Waals surface area (Å²) in [4.78, 5) is 5.61. The van der Waals surface area contributed by atoms with Crippen molar-refractivity contribution in [3.63, 3.8) is 0 Å². The van der Waals surface area contributed by atoms with E-state index in [1.807, 2.05) is 0 Å². The van der Waals surface area contributed by atoms with E-state index in [0.29, 0.717) is 11.8 Å². The van der Waals surface area contributed by atoms with E-state index >= 15 is 0 Å². The van der Waals surface area contributed by atoms with E-state index in [-0.39, 0.29) is 50.0 Å². The number of rotatable bonds is 3. The lowest BCUT2D eigenvalue weighted by Gasteiger charge is -2.53. The molecule has 0 spiro atoms. The average Bonchev–Trinajstić information content (AvgIpc) is 3.50. The second kappa shape index (κ2) is 15.9. The molecule has 76 heavy (non-hydrogen) atoms. The van der Waals surface area contributed by atoms with Gasteiger partial charge in [0.1, 0.15) is 0 Å². The Bertz CT molecular complexity index is 3540. The Labute approximate surface area is 458 Å². The Morgan fingerprint density at radius 1 is 0.408 bits per heavy atom. The van der Waals surface area contributed by atoms with Crippen molar-refractivity contribution in [2.75, 3.05) is 9.80 Å². The molecule has 1 fully saturated rings. The minimum absolute atomic E-state index is 0.0189. The van der Waals surface area contributed by atoms with E-state index in [0.717, 1.165) is 0 Å². The minimum atomic E-state index is 0.0189. The van der Waals surface area contributed by atoms with Gasteiger partial charge in [-0.3, -0.25) is 0 Å². The van der Waals surface area contributed by atoms with E-state index in [1.165, 1.54) is 157 Å². The maximum atomic E-state index is 2.82. The Balaban J connectivity index is 1.17. The lowest BCUT2D eigenvalue weighted by atomic mass is 9.32. The summed E-state index contributed by atoms with van der Waals surface area (Å²) < 4.78 is 0. The fraction of sp³-hybridized carbons (Fsp3) is 0.479. The number of fused-ring (bicyclic) bond motifs is 9. The van der Waals surface area contributed by atoms with Crippen molar-refractivity contribution in [2.24, 2.45) is 22.7 Å². The molecule has 7 aliphatic rings. The zero-order chi connectivity index (χ0) is 53.8. The van der Waals surface area contributed by atoms with E-state index < -0.39 is 0 Å². The Morgan fingerprint density at radius 2 is 0.842 bits per heavy atom.